The lowest BCUT2D eigenvalue weighted by atomic mass is 10.3. The fourth-order valence-corrected chi connectivity index (χ4v) is 4.60. The molecule has 0 aliphatic heterocycles. The van der Waals surface area contributed by atoms with Crippen LogP contribution in [0.5, 0.6) is 0 Å². The van der Waals surface area contributed by atoms with Crippen LogP contribution in [-0.2, 0) is 0 Å². The number of rotatable bonds is 6. The summed E-state index contributed by atoms with van der Waals surface area (Å²) in [7, 11) is 0. The van der Waals surface area contributed by atoms with Gasteiger partial charge in [0, 0.05) is 11.1 Å². The van der Waals surface area contributed by atoms with Crippen LogP contribution in [-0.4, -0.2) is 31.8 Å². The first-order chi connectivity index (χ1) is 12.4. The summed E-state index contributed by atoms with van der Waals surface area (Å²) < 4.78 is 43.3. The molecule has 0 aromatic carbocycles. The van der Waals surface area contributed by atoms with E-state index in [4.69, 9.17) is 23.2 Å². The smallest absolute Gasteiger partial charge is 0.291 e. The van der Waals surface area contributed by atoms with Crippen molar-refractivity contribution in [2.24, 2.45) is 0 Å². The highest BCUT2D eigenvalue weighted by Gasteiger charge is 2.42. The molecule has 3 aromatic rings. The third-order valence-electron chi connectivity index (χ3n) is 3.93. The number of halogens is 5. The largest absolute Gasteiger partial charge is 0.294 e. The van der Waals surface area contributed by atoms with Crippen LogP contribution in [0.15, 0.2) is 17.2 Å². The maximum absolute atomic E-state index is 13.0. The highest BCUT2D eigenvalue weighted by atomic mass is 35.5. The molecule has 1 fully saturated rings. The Morgan fingerprint density at radius 3 is 2.73 bits per heavy atom. The van der Waals surface area contributed by atoms with Crippen molar-refractivity contribution in [3.63, 3.8) is 0 Å². The lowest BCUT2D eigenvalue weighted by Gasteiger charge is -2.12. The van der Waals surface area contributed by atoms with Gasteiger partial charge in [-0.3, -0.25) is 9.12 Å². The van der Waals surface area contributed by atoms with Crippen molar-refractivity contribution < 1.29 is 13.2 Å². The minimum atomic E-state index is -2.71. The third-order valence-corrected chi connectivity index (χ3v) is 6.41. The van der Waals surface area contributed by atoms with Crippen LogP contribution in [0.3, 0.4) is 0 Å². The molecule has 26 heavy (non-hydrogen) atoms. The molecule has 0 unspecified atom stereocenters. The third kappa shape index (κ3) is 3.29. The average Bonchev–Trinajstić information content (AvgIpc) is 3.07. The molecule has 5 nitrogen and oxygen atoms in total. The van der Waals surface area contributed by atoms with Gasteiger partial charge in [0.25, 0.3) is 6.43 Å². The van der Waals surface area contributed by atoms with Crippen LogP contribution in [0.4, 0.5) is 13.2 Å². The van der Waals surface area contributed by atoms with Crippen molar-refractivity contribution in [3.05, 3.63) is 27.4 Å². The summed E-state index contributed by atoms with van der Waals surface area (Å²) >= 11 is 14.5. The molecular weight excluding hydrogens is 430 g/mol. The molecule has 1 aliphatic rings. The Morgan fingerprint density at radius 1 is 1.35 bits per heavy atom. The number of aromatic nitrogens is 4. The lowest BCUT2D eigenvalue weighted by Crippen LogP contribution is -2.27. The van der Waals surface area contributed by atoms with E-state index >= 15 is 0 Å². The van der Waals surface area contributed by atoms with Crippen molar-refractivity contribution in [3.8, 4) is 10.8 Å². The summed E-state index contributed by atoms with van der Waals surface area (Å²) in [6.07, 6.45) is 0.536. The van der Waals surface area contributed by atoms with E-state index < -0.39 is 23.6 Å². The predicted molar refractivity (Wildman–Crippen MR) is 96.0 cm³/mol. The minimum Gasteiger partial charge on any atom is -0.294 e. The number of hydrogen-bond acceptors (Lipinski definition) is 6. The van der Waals surface area contributed by atoms with Crippen LogP contribution in [0.25, 0.3) is 16.3 Å². The number of pyridine rings is 1. The topological polar surface area (TPSA) is 55.1 Å². The Kier molecular flexibility index (Phi) is 4.81. The van der Waals surface area contributed by atoms with E-state index in [-0.39, 0.29) is 16.0 Å². The summed E-state index contributed by atoms with van der Waals surface area (Å²) in [5.41, 5.74) is -0.0412. The van der Waals surface area contributed by atoms with Crippen molar-refractivity contribution >= 4 is 52.0 Å². The quantitative estimate of drug-likeness (QED) is 0.535. The van der Waals surface area contributed by atoms with E-state index in [1.165, 1.54) is 11.9 Å². The van der Waals surface area contributed by atoms with Crippen LogP contribution in [0.2, 0.25) is 10.2 Å². The molecule has 4 rings (SSSR count). The first kappa shape index (κ1) is 18.3. The molecule has 3 aromatic heterocycles. The van der Waals surface area contributed by atoms with Gasteiger partial charge in [-0.25, -0.2) is 18.2 Å². The van der Waals surface area contributed by atoms with Gasteiger partial charge in [0.05, 0.1) is 10.6 Å². The summed E-state index contributed by atoms with van der Waals surface area (Å²) in [5.74, 6) is 0.269. The zero-order chi connectivity index (χ0) is 18.5. The molecular formula is C14H10Cl2F3N5S2. The van der Waals surface area contributed by atoms with Gasteiger partial charge in [-0.2, -0.15) is 0 Å². The van der Waals surface area contributed by atoms with Gasteiger partial charge in [-0.15, -0.1) is 10.2 Å². The van der Waals surface area contributed by atoms with Crippen molar-refractivity contribution in [2.45, 2.75) is 29.7 Å². The number of hydrogen-bond donors (Lipinski definition) is 1. The summed E-state index contributed by atoms with van der Waals surface area (Å²) in [6, 6.07) is 1.69. The number of nitrogens with one attached hydrogen (secondary N) is 1. The van der Waals surface area contributed by atoms with Gasteiger partial charge < -0.3 is 0 Å². The second kappa shape index (κ2) is 6.83. The minimum absolute atomic E-state index is 0.130. The number of nitrogens with zero attached hydrogens (tertiary/aromatic N) is 4. The van der Waals surface area contributed by atoms with Gasteiger partial charge >= 0.3 is 0 Å². The maximum Gasteiger partial charge on any atom is 0.291 e. The lowest BCUT2D eigenvalue weighted by molar-refractivity contribution is 0.150. The maximum atomic E-state index is 13.0. The Balaban J connectivity index is 1.73. The predicted octanol–water partition coefficient (Wildman–Crippen LogP) is 5.20. The zero-order valence-corrected chi connectivity index (χ0v) is 16.0. The molecule has 1 N–H and O–H groups in total. The van der Waals surface area contributed by atoms with Crippen LogP contribution >= 0.6 is 46.5 Å². The van der Waals surface area contributed by atoms with Crippen molar-refractivity contribution in [2.75, 3.05) is 6.67 Å². The van der Waals surface area contributed by atoms with E-state index in [0.717, 1.165) is 24.2 Å². The summed E-state index contributed by atoms with van der Waals surface area (Å²) in [6.45, 7) is -0.445. The highest BCUT2D eigenvalue weighted by Crippen LogP contribution is 2.40. The van der Waals surface area contributed by atoms with E-state index in [2.05, 4.69) is 19.9 Å². The van der Waals surface area contributed by atoms with E-state index in [0.29, 0.717) is 15.4 Å². The molecule has 0 radical (unpaired) electrons. The van der Waals surface area contributed by atoms with Crippen molar-refractivity contribution in [1.82, 2.24) is 24.3 Å². The average molecular weight is 440 g/mol. The van der Waals surface area contributed by atoms with E-state index in [1.807, 2.05) is 0 Å². The molecule has 1 saturated carbocycles. The van der Waals surface area contributed by atoms with Crippen molar-refractivity contribution in [1.29, 1.82) is 0 Å². The SMILES string of the molecule is FCC1(NSc2cc(Cl)c3c(Cl)nc(-c4nnc(C(F)F)s4)n3c2)CC1. The fourth-order valence-electron chi connectivity index (χ4n) is 2.30. The van der Waals surface area contributed by atoms with Gasteiger partial charge in [-0.05, 0) is 30.9 Å². The normalized spacial score (nSPS) is 15.9. The standard InChI is InChI=1S/C14H10Cl2F3N5S2/c15-7-3-6(26-23-14(5-17)1-2-14)4-24-8(7)9(16)20-11(24)13-22-21-12(25-13)10(18)19/h3-4,10,23H,1-2,5H2. The second-order valence-electron chi connectivity index (χ2n) is 5.83. The monoisotopic (exact) mass is 439 g/mol. The Labute approximate surface area is 164 Å². The molecule has 1 aliphatic carbocycles. The molecule has 12 heteroatoms. The molecule has 0 atom stereocenters. The Bertz CT molecular complexity index is 973. The molecule has 0 bridgehead atoms. The van der Waals surface area contributed by atoms with Gasteiger partial charge in [0.15, 0.2) is 21.0 Å². The van der Waals surface area contributed by atoms with Crippen LogP contribution in [0.1, 0.15) is 24.3 Å². The molecule has 0 saturated heterocycles. The summed E-state index contributed by atoms with van der Waals surface area (Å²) in [5, 5.41) is 7.51. The molecule has 0 amide bonds. The first-order valence-corrected chi connectivity index (χ1v) is 9.80. The van der Waals surface area contributed by atoms with E-state index in [9.17, 15) is 13.2 Å². The summed E-state index contributed by atoms with van der Waals surface area (Å²) in [4.78, 5) is 4.89. The Hall–Kier alpha value is -1.07. The van der Waals surface area contributed by atoms with Gasteiger partial charge in [0.1, 0.15) is 12.2 Å². The number of alkyl halides is 3. The van der Waals surface area contributed by atoms with Crippen LogP contribution < -0.4 is 4.72 Å². The van der Waals surface area contributed by atoms with Gasteiger partial charge in [-0.1, -0.05) is 34.5 Å². The molecule has 0 spiro atoms. The number of imidazole rings is 1. The molecule has 138 valence electrons. The highest BCUT2D eigenvalue weighted by molar-refractivity contribution is 7.97. The zero-order valence-electron chi connectivity index (χ0n) is 12.8. The van der Waals surface area contributed by atoms with Crippen LogP contribution in [0, 0.1) is 0 Å². The Morgan fingerprint density at radius 2 is 2.12 bits per heavy atom. The number of fused-ring (bicyclic) bond motifs is 1. The fraction of sp³-hybridized carbons (Fsp3) is 0.357. The first-order valence-electron chi connectivity index (χ1n) is 7.41. The van der Waals surface area contributed by atoms with E-state index in [1.54, 1.807) is 16.7 Å². The van der Waals surface area contributed by atoms with Gasteiger partial charge in [0.2, 0.25) is 0 Å². The second-order valence-corrected chi connectivity index (χ2v) is 8.49. The molecule has 3 heterocycles.